The largest absolute Gasteiger partial charge is 0.462 e. The highest BCUT2D eigenvalue weighted by Gasteiger charge is 2.19. The third-order valence-corrected chi connectivity index (χ3v) is 6.20. The van der Waals surface area contributed by atoms with Crippen molar-refractivity contribution in [3.8, 4) is 22.5 Å². The Morgan fingerprint density at radius 2 is 1.64 bits per heavy atom. The Labute approximate surface area is 195 Å². The lowest BCUT2D eigenvalue weighted by Gasteiger charge is -2.22. The van der Waals surface area contributed by atoms with E-state index in [1.807, 2.05) is 24.7 Å². The van der Waals surface area contributed by atoms with E-state index in [1.165, 1.54) is 21.9 Å². The molecule has 0 amide bonds. The van der Waals surface area contributed by atoms with Crippen LogP contribution in [0.2, 0.25) is 0 Å². The van der Waals surface area contributed by atoms with Gasteiger partial charge < -0.3 is 4.42 Å². The van der Waals surface area contributed by atoms with Crippen molar-refractivity contribution in [3.63, 3.8) is 0 Å². The maximum absolute atomic E-state index is 6.02. The Morgan fingerprint density at radius 3 is 2.42 bits per heavy atom. The zero-order chi connectivity index (χ0) is 23.2. The molecule has 0 saturated heterocycles. The number of hydrogen-bond acceptors (Lipinski definition) is 3. The second-order valence-corrected chi connectivity index (χ2v) is 10.3. The van der Waals surface area contributed by atoms with E-state index in [-0.39, 0.29) is 5.41 Å². The summed E-state index contributed by atoms with van der Waals surface area (Å²) in [7, 11) is 0. The fraction of sp³-hybridized carbons (Fsp3) is 0.267. The fourth-order valence-electron chi connectivity index (χ4n) is 4.63. The van der Waals surface area contributed by atoms with Crippen LogP contribution in [0.5, 0.6) is 0 Å². The summed E-state index contributed by atoms with van der Waals surface area (Å²) < 4.78 is 6.02. The number of benzene rings is 2. The second kappa shape index (κ2) is 8.15. The van der Waals surface area contributed by atoms with Crippen molar-refractivity contribution in [1.82, 2.24) is 9.97 Å². The number of nitrogens with zero attached hydrogens (tertiary/aromatic N) is 2. The molecule has 5 aromatic rings. The van der Waals surface area contributed by atoms with Crippen molar-refractivity contribution in [1.29, 1.82) is 0 Å². The lowest BCUT2D eigenvalue weighted by molar-refractivity contribution is 0.594. The van der Waals surface area contributed by atoms with Gasteiger partial charge in [-0.1, -0.05) is 58.9 Å². The minimum Gasteiger partial charge on any atom is -0.462 e. The molecule has 166 valence electrons. The van der Waals surface area contributed by atoms with Gasteiger partial charge in [0.15, 0.2) is 5.58 Å². The van der Waals surface area contributed by atoms with E-state index in [4.69, 9.17) is 9.40 Å². The zero-order valence-corrected chi connectivity index (χ0v) is 20.0. The molecule has 0 fully saturated rings. The van der Waals surface area contributed by atoms with Crippen LogP contribution in [0.1, 0.15) is 45.7 Å². The van der Waals surface area contributed by atoms with Gasteiger partial charge in [-0.3, -0.25) is 9.97 Å². The number of hydrogen-bond donors (Lipinski definition) is 0. The summed E-state index contributed by atoms with van der Waals surface area (Å²) >= 11 is 0. The molecule has 0 atom stereocenters. The summed E-state index contributed by atoms with van der Waals surface area (Å²) in [6.07, 6.45) is 6.63. The Balaban J connectivity index is 1.64. The van der Waals surface area contributed by atoms with Gasteiger partial charge in [0.05, 0.1) is 12.0 Å². The molecule has 0 N–H and O–H groups in total. The molecule has 0 aliphatic rings. The van der Waals surface area contributed by atoms with Crippen molar-refractivity contribution < 1.29 is 4.42 Å². The molecule has 0 unspecified atom stereocenters. The first kappa shape index (κ1) is 21.4. The molecule has 3 heterocycles. The van der Waals surface area contributed by atoms with Crippen molar-refractivity contribution >= 4 is 21.7 Å². The summed E-state index contributed by atoms with van der Waals surface area (Å²) in [6, 6.07) is 19.3. The first-order chi connectivity index (χ1) is 15.8. The van der Waals surface area contributed by atoms with Crippen molar-refractivity contribution in [2.24, 2.45) is 5.92 Å². The summed E-state index contributed by atoms with van der Waals surface area (Å²) in [5.41, 5.74) is 7.38. The Morgan fingerprint density at radius 1 is 0.848 bits per heavy atom. The smallest absolute Gasteiger partial charge is 0.160 e. The highest BCUT2D eigenvalue weighted by Crippen LogP contribution is 2.36. The van der Waals surface area contributed by atoms with Gasteiger partial charge in [0.1, 0.15) is 5.69 Å². The van der Waals surface area contributed by atoms with E-state index in [0.717, 1.165) is 39.9 Å². The van der Waals surface area contributed by atoms with Crippen LogP contribution in [0, 0.1) is 5.92 Å². The van der Waals surface area contributed by atoms with Crippen LogP contribution in [0.3, 0.4) is 0 Å². The van der Waals surface area contributed by atoms with Gasteiger partial charge in [-0.2, -0.15) is 0 Å². The van der Waals surface area contributed by atoms with Crippen molar-refractivity contribution in [2.75, 3.05) is 0 Å². The third-order valence-electron chi connectivity index (χ3n) is 6.20. The average molecular weight is 435 g/mol. The minimum atomic E-state index is 0.0291. The normalized spacial score (nSPS) is 12.2. The predicted molar refractivity (Wildman–Crippen MR) is 137 cm³/mol. The number of pyridine rings is 2. The number of rotatable bonds is 4. The number of aromatic nitrogens is 2. The Bertz CT molecular complexity index is 1450. The summed E-state index contributed by atoms with van der Waals surface area (Å²) in [4.78, 5) is 9.42. The monoisotopic (exact) mass is 434 g/mol. The minimum absolute atomic E-state index is 0.0291. The standard InChI is InChI=1S/C30H30N2O/c1-19(2)14-23-18-33-29-25(23)11-13-32-28(29)21-10-12-31-27(17-21)22-15-20-8-6-7-9-24(20)26(16-22)30(3,4)5/h6-13,15-19H,14H2,1-5H3. The Kier molecular flexibility index (Phi) is 5.28. The molecular formula is C30H30N2O. The molecule has 0 saturated carbocycles. The van der Waals surface area contributed by atoms with E-state index in [1.54, 1.807) is 0 Å². The summed E-state index contributed by atoms with van der Waals surface area (Å²) in [5, 5.41) is 3.68. The van der Waals surface area contributed by atoms with E-state index in [2.05, 4.69) is 88.1 Å². The van der Waals surface area contributed by atoms with Crippen LogP contribution in [-0.4, -0.2) is 9.97 Å². The molecule has 0 aliphatic heterocycles. The zero-order valence-electron chi connectivity index (χ0n) is 20.0. The van der Waals surface area contributed by atoms with Gasteiger partial charge >= 0.3 is 0 Å². The van der Waals surface area contributed by atoms with E-state index in [0.29, 0.717) is 5.92 Å². The van der Waals surface area contributed by atoms with Gasteiger partial charge in [0.2, 0.25) is 0 Å². The van der Waals surface area contributed by atoms with Crippen LogP contribution in [-0.2, 0) is 11.8 Å². The van der Waals surface area contributed by atoms with Crippen LogP contribution in [0.15, 0.2) is 77.7 Å². The molecule has 0 aliphatic carbocycles. The maximum Gasteiger partial charge on any atom is 0.160 e. The van der Waals surface area contributed by atoms with Crippen LogP contribution in [0.4, 0.5) is 0 Å². The van der Waals surface area contributed by atoms with Gasteiger partial charge in [-0.25, -0.2) is 0 Å². The molecule has 3 aromatic heterocycles. The lowest BCUT2D eigenvalue weighted by atomic mass is 9.82. The van der Waals surface area contributed by atoms with Crippen LogP contribution < -0.4 is 0 Å². The van der Waals surface area contributed by atoms with Gasteiger partial charge in [-0.05, 0) is 70.0 Å². The third kappa shape index (κ3) is 4.04. The highest BCUT2D eigenvalue weighted by atomic mass is 16.3. The second-order valence-electron chi connectivity index (χ2n) is 10.3. The Hall–Kier alpha value is -3.46. The molecule has 0 spiro atoms. The lowest BCUT2D eigenvalue weighted by Crippen LogP contribution is -2.12. The van der Waals surface area contributed by atoms with E-state index < -0.39 is 0 Å². The molecule has 2 aromatic carbocycles. The van der Waals surface area contributed by atoms with Gasteiger partial charge in [0.25, 0.3) is 0 Å². The van der Waals surface area contributed by atoms with Gasteiger partial charge in [0, 0.05) is 28.9 Å². The topological polar surface area (TPSA) is 38.9 Å². The highest BCUT2D eigenvalue weighted by molar-refractivity contribution is 5.94. The molecule has 0 bridgehead atoms. The molecular weight excluding hydrogens is 404 g/mol. The maximum atomic E-state index is 6.02. The summed E-state index contributed by atoms with van der Waals surface area (Å²) in [6.45, 7) is 11.2. The SMILES string of the molecule is CC(C)Cc1coc2c(-c3ccnc(-c4cc(C(C)(C)C)c5ccccc5c4)c3)nccc12. The van der Waals surface area contributed by atoms with Crippen LogP contribution >= 0.6 is 0 Å². The van der Waals surface area contributed by atoms with Gasteiger partial charge in [-0.15, -0.1) is 0 Å². The predicted octanol–water partition coefficient (Wildman–Crippen LogP) is 8.21. The molecule has 3 nitrogen and oxygen atoms in total. The van der Waals surface area contributed by atoms with Crippen molar-refractivity contribution in [3.05, 3.63) is 84.4 Å². The first-order valence-corrected chi connectivity index (χ1v) is 11.7. The number of fused-ring (bicyclic) bond motifs is 2. The fourth-order valence-corrected chi connectivity index (χ4v) is 4.63. The first-order valence-electron chi connectivity index (χ1n) is 11.7. The van der Waals surface area contributed by atoms with Crippen LogP contribution in [0.25, 0.3) is 44.3 Å². The summed E-state index contributed by atoms with van der Waals surface area (Å²) in [5.74, 6) is 0.569. The quantitative estimate of drug-likeness (QED) is 0.286. The molecule has 5 rings (SSSR count). The molecule has 0 radical (unpaired) electrons. The van der Waals surface area contributed by atoms with E-state index >= 15 is 0 Å². The molecule has 33 heavy (non-hydrogen) atoms. The van der Waals surface area contributed by atoms with Crippen molar-refractivity contribution in [2.45, 2.75) is 46.5 Å². The molecule has 3 heteroatoms. The average Bonchev–Trinajstić information content (AvgIpc) is 3.20. The van der Waals surface area contributed by atoms with E-state index in [9.17, 15) is 0 Å². The number of furan rings is 1.